The molecule has 1 aromatic carbocycles. The highest BCUT2D eigenvalue weighted by Gasteiger charge is 2.32. The maximum absolute atomic E-state index is 12.9. The minimum atomic E-state index is -0.117. The van der Waals surface area contributed by atoms with Gasteiger partial charge in [-0.2, -0.15) is 0 Å². The summed E-state index contributed by atoms with van der Waals surface area (Å²) in [7, 11) is 0. The lowest BCUT2D eigenvalue weighted by molar-refractivity contribution is -0.127. The van der Waals surface area contributed by atoms with Crippen molar-refractivity contribution in [2.24, 2.45) is 17.6 Å². The zero-order valence-electron chi connectivity index (χ0n) is 17.1. The molecule has 2 amide bonds. The van der Waals surface area contributed by atoms with E-state index in [2.05, 4.69) is 11.4 Å². The van der Waals surface area contributed by atoms with Crippen LogP contribution in [0.2, 0.25) is 0 Å². The van der Waals surface area contributed by atoms with Gasteiger partial charge in [0.2, 0.25) is 5.91 Å². The van der Waals surface area contributed by atoms with E-state index in [4.69, 9.17) is 5.73 Å². The molecule has 5 nitrogen and oxygen atoms in total. The first kappa shape index (κ1) is 22.7. The first-order chi connectivity index (χ1) is 13.0. The van der Waals surface area contributed by atoms with Gasteiger partial charge >= 0.3 is 0 Å². The number of aryl methyl sites for hydroxylation is 2. The Morgan fingerprint density at radius 1 is 1.07 bits per heavy atom. The molecule has 3 rings (SSSR count). The third-order valence-corrected chi connectivity index (χ3v) is 6.09. The standard InChI is InChI=1S/C22H33N3O2.ClH/c1-15-10-16(2)12-19(11-15)22(27)25-9-5-7-18(14-25)21(26)24-20-8-4-3-6-17(20)13-23;/h10-12,17-18,20H,3-9,13-14,23H2,1-2H3,(H,24,26);1H. The summed E-state index contributed by atoms with van der Waals surface area (Å²) >= 11 is 0. The summed E-state index contributed by atoms with van der Waals surface area (Å²) in [4.78, 5) is 27.6. The van der Waals surface area contributed by atoms with Crippen molar-refractivity contribution in [3.8, 4) is 0 Å². The SMILES string of the molecule is Cc1cc(C)cc(C(=O)N2CCCC(C(=O)NC3CCCCC3CN)C2)c1.Cl. The average Bonchev–Trinajstić information content (AvgIpc) is 2.67. The highest BCUT2D eigenvalue weighted by Crippen LogP contribution is 2.25. The second kappa shape index (κ2) is 10.3. The number of amides is 2. The number of nitrogens with one attached hydrogen (secondary N) is 1. The fourth-order valence-electron chi connectivity index (χ4n) is 4.64. The van der Waals surface area contributed by atoms with Crippen LogP contribution in [0.15, 0.2) is 18.2 Å². The molecule has 1 saturated carbocycles. The molecular weight excluding hydrogens is 374 g/mol. The average molecular weight is 408 g/mol. The second-order valence-electron chi connectivity index (χ2n) is 8.36. The number of carbonyl (C=O) groups excluding carboxylic acids is 2. The van der Waals surface area contributed by atoms with Gasteiger partial charge in [-0.25, -0.2) is 0 Å². The minimum Gasteiger partial charge on any atom is -0.353 e. The Morgan fingerprint density at radius 2 is 1.75 bits per heavy atom. The van der Waals surface area contributed by atoms with Crippen LogP contribution >= 0.6 is 12.4 Å². The maximum atomic E-state index is 12.9. The zero-order valence-corrected chi connectivity index (χ0v) is 17.9. The number of hydrogen-bond donors (Lipinski definition) is 2. The summed E-state index contributed by atoms with van der Waals surface area (Å²) in [5.41, 5.74) is 8.80. The molecule has 1 aromatic rings. The van der Waals surface area contributed by atoms with Crippen molar-refractivity contribution >= 4 is 24.2 Å². The number of nitrogens with zero attached hydrogens (tertiary/aromatic N) is 1. The monoisotopic (exact) mass is 407 g/mol. The van der Waals surface area contributed by atoms with Crippen LogP contribution < -0.4 is 11.1 Å². The molecule has 6 heteroatoms. The van der Waals surface area contributed by atoms with Crippen LogP contribution in [0.1, 0.15) is 60.0 Å². The van der Waals surface area contributed by atoms with Gasteiger partial charge in [-0.05, 0) is 64.1 Å². The van der Waals surface area contributed by atoms with Gasteiger partial charge < -0.3 is 16.0 Å². The number of likely N-dealkylation sites (tertiary alicyclic amines) is 1. The van der Waals surface area contributed by atoms with E-state index < -0.39 is 0 Å². The van der Waals surface area contributed by atoms with Crippen molar-refractivity contribution in [3.63, 3.8) is 0 Å². The largest absolute Gasteiger partial charge is 0.353 e. The predicted octanol–water partition coefficient (Wildman–Crippen LogP) is 3.21. The summed E-state index contributed by atoms with van der Waals surface area (Å²) in [5, 5.41) is 3.25. The van der Waals surface area contributed by atoms with Crippen LogP contribution in [0.4, 0.5) is 0 Å². The lowest BCUT2D eigenvalue weighted by Gasteiger charge is -2.35. The van der Waals surface area contributed by atoms with Crippen LogP contribution in [-0.4, -0.2) is 42.4 Å². The quantitative estimate of drug-likeness (QED) is 0.804. The Hall–Kier alpha value is -1.59. The fraction of sp³-hybridized carbons (Fsp3) is 0.636. The van der Waals surface area contributed by atoms with Crippen LogP contribution in [-0.2, 0) is 4.79 Å². The number of benzene rings is 1. The molecule has 1 heterocycles. The fourth-order valence-corrected chi connectivity index (χ4v) is 4.64. The molecule has 28 heavy (non-hydrogen) atoms. The molecule has 156 valence electrons. The second-order valence-corrected chi connectivity index (χ2v) is 8.36. The molecular formula is C22H34ClN3O2. The highest BCUT2D eigenvalue weighted by atomic mass is 35.5. The van der Waals surface area contributed by atoms with Gasteiger partial charge in [0, 0.05) is 24.7 Å². The maximum Gasteiger partial charge on any atom is 0.253 e. The van der Waals surface area contributed by atoms with Crippen LogP contribution in [0.3, 0.4) is 0 Å². The van der Waals surface area contributed by atoms with Crippen molar-refractivity contribution in [1.29, 1.82) is 0 Å². The van der Waals surface area contributed by atoms with E-state index in [1.807, 2.05) is 30.9 Å². The molecule has 1 aliphatic heterocycles. The highest BCUT2D eigenvalue weighted by molar-refractivity contribution is 5.95. The molecule has 0 bridgehead atoms. The zero-order chi connectivity index (χ0) is 19.4. The molecule has 0 radical (unpaired) electrons. The van der Waals surface area contributed by atoms with Crippen molar-refractivity contribution in [2.45, 2.75) is 58.4 Å². The summed E-state index contributed by atoms with van der Waals surface area (Å²) in [6.07, 6.45) is 6.20. The third kappa shape index (κ3) is 5.48. The van der Waals surface area contributed by atoms with Crippen molar-refractivity contribution in [1.82, 2.24) is 10.2 Å². The van der Waals surface area contributed by atoms with Gasteiger partial charge in [0.25, 0.3) is 5.91 Å². The lowest BCUT2D eigenvalue weighted by Crippen LogP contribution is -2.50. The first-order valence-corrected chi connectivity index (χ1v) is 10.4. The third-order valence-electron chi connectivity index (χ3n) is 6.09. The minimum absolute atomic E-state index is 0. The molecule has 1 aliphatic carbocycles. The summed E-state index contributed by atoms with van der Waals surface area (Å²) in [5.74, 6) is 0.406. The van der Waals surface area contributed by atoms with E-state index in [0.717, 1.165) is 55.3 Å². The van der Waals surface area contributed by atoms with Crippen LogP contribution in [0.5, 0.6) is 0 Å². The molecule has 0 spiro atoms. The van der Waals surface area contributed by atoms with Gasteiger partial charge in [0.05, 0.1) is 5.92 Å². The molecule has 2 aliphatic rings. The molecule has 3 unspecified atom stereocenters. The number of hydrogen-bond acceptors (Lipinski definition) is 3. The predicted molar refractivity (Wildman–Crippen MR) is 115 cm³/mol. The number of rotatable bonds is 4. The smallest absolute Gasteiger partial charge is 0.253 e. The summed E-state index contributed by atoms with van der Waals surface area (Å²) in [6.45, 7) is 5.89. The number of nitrogens with two attached hydrogens (primary N) is 1. The topological polar surface area (TPSA) is 75.4 Å². The van der Waals surface area contributed by atoms with Crippen molar-refractivity contribution < 1.29 is 9.59 Å². The van der Waals surface area contributed by atoms with E-state index in [1.54, 1.807) is 0 Å². The number of halogens is 1. The van der Waals surface area contributed by atoms with E-state index in [9.17, 15) is 9.59 Å². The molecule has 3 N–H and O–H groups in total. The van der Waals surface area contributed by atoms with Gasteiger partial charge in [0.1, 0.15) is 0 Å². The summed E-state index contributed by atoms with van der Waals surface area (Å²) in [6, 6.07) is 6.14. The first-order valence-electron chi connectivity index (χ1n) is 10.4. The Bertz CT molecular complexity index is 674. The van der Waals surface area contributed by atoms with E-state index >= 15 is 0 Å². The van der Waals surface area contributed by atoms with Crippen molar-refractivity contribution in [3.05, 3.63) is 34.9 Å². The number of carbonyl (C=O) groups is 2. The van der Waals surface area contributed by atoms with E-state index in [1.165, 1.54) is 6.42 Å². The van der Waals surface area contributed by atoms with Gasteiger partial charge in [0.15, 0.2) is 0 Å². The Balaban J connectivity index is 0.00000280. The Kier molecular flexibility index (Phi) is 8.32. The summed E-state index contributed by atoms with van der Waals surface area (Å²) < 4.78 is 0. The van der Waals surface area contributed by atoms with Gasteiger partial charge in [-0.3, -0.25) is 9.59 Å². The lowest BCUT2D eigenvalue weighted by atomic mass is 9.84. The van der Waals surface area contributed by atoms with Crippen LogP contribution in [0.25, 0.3) is 0 Å². The van der Waals surface area contributed by atoms with E-state index in [-0.39, 0.29) is 36.2 Å². The number of piperidine rings is 1. The van der Waals surface area contributed by atoms with Crippen molar-refractivity contribution in [2.75, 3.05) is 19.6 Å². The van der Waals surface area contributed by atoms with E-state index in [0.29, 0.717) is 19.0 Å². The molecule has 2 fully saturated rings. The normalized spacial score (nSPS) is 25.0. The van der Waals surface area contributed by atoms with Gasteiger partial charge in [-0.15, -0.1) is 12.4 Å². The molecule has 0 aromatic heterocycles. The molecule has 1 saturated heterocycles. The van der Waals surface area contributed by atoms with Crippen LogP contribution in [0, 0.1) is 25.7 Å². The van der Waals surface area contributed by atoms with Gasteiger partial charge in [-0.1, -0.05) is 30.0 Å². The Labute approximate surface area is 174 Å². The Morgan fingerprint density at radius 3 is 2.43 bits per heavy atom. The molecule has 3 atom stereocenters.